The van der Waals surface area contributed by atoms with Crippen molar-refractivity contribution in [2.24, 2.45) is 0 Å². The van der Waals surface area contributed by atoms with Crippen LogP contribution >= 0.6 is 11.8 Å². The number of hydrogen-bond donors (Lipinski definition) is 2. The van der Waals surface area contributed by atoms with Gasteiger partial charge in [0.15, 0.2) is 0 Å². The number of carboxylic acids is 1. The van der Waals surface area contributed by atoms with E-state index in [4.69, 9.17) is 0 Å². The number of carbonyl (C=O) groups excluding carboxylic acids is 2. The molecular formula is C19H24KN3O4S. The summed E-state index contributed by atoms with van der Waals surface area (Å²) in [4.78, 5) is 40.9. The van der Waals surface area contributed by atoms with Gasteiger partial charge in [-0.15, -0.1) is 11.8 Å². The van der Waals surface area contributed by atoms with Gasteiger partial charge in [0.25, 0.3) is 0 Å². The third-order valence-corrected chi connectivity index (χ3v) is 7.20. The molecule has 1 aromatic carbocycles. The molecule has 3 heterocycles. The van der Waals surface area contributed by atoms with Crippen molar-refractivity contribution < 1.29 is 19.5 Å². The van der Waals surface area contributed by atoms with Crippen LogP contribution in [-0.4, -0.2) is 112 Å². The molecule has 146 valence electrons. The van der Waals surface area contributed by atoms with Gasteiger partial charge in [-0.3, -0.25) is 14.9 Å². The van der Waals surface area contributed by atoms with Gasteiger partial charge >= 0.3 is 57.4 Å². The van der Waals surface area contributed by atoms with Gasteiger partial charge in [-0.25, -0.2) is 4.79 Å². The maximum atomic E-state index is 13.2. The van der Waals surface area contributed by atoms with Crippen LogP contribution < -0.4 is 5.32 Å². The molecule has 0 aliphatic carbocycles. The molecule has 0 saturated carbocycles. The topological polar surface area (TPSA) is 90.0 Å². The number of carboxylic acid groups (broad SMARTS) is 1. The number of carbonyl (C=O) groups is 3. The van der Waals surface area contributed by atoms with Crippen LogP contribution in [0.4, 0.5) is 0 Å². The first-order valence-electron chi connectivity index (χ1n) is 8.95. The number of benzene rings is 1. The Morgan fingerprint density at radius 1 is 1.11 bits per heavy atom. The summed E-state index contributed by atoms with van der Waals surface area (Å²) in [5.74, 6) is -1.45. The second-order valence-electron chi connectivity index (χ2n) is 8.30. The van der Waals surface area contributed by atoms with Gasteiger partial charge in [0.1, 0.15) is 23.5 Å². The van der Waals surface area contributed by atoms with Gasteiger partial charge in [0.2, 0.25) is 11.8 Å². The first-order chi connectivity index (χ1) is 12.6. The number of thioether (sulfide) groups is 1. The molecule has 3 aliphatic rings. The van der Waals surface area contributed by atoms with Crippen molar-refractivity contribution in [3.8, 4) is 0 Å². The standard InChI is InChI=1S/C19H23N3O4S.K.H/c1-18(2)13(17(25)26)21-15(24)12(16(21)27-18)22-14(23)11(20-19(22,3)4)10-8-6-5-7-9-10;;/h5-9,11-13,16,20H,1-4H3,(H,25,26);;/t11?,12-,13+,16-;;/m1../s1. The first kappa shape index (κ1) is 22.3. The average molecular weight is 430 g/mol. The molecule has 2 N–H and O–H groups in total. The fraction of sp³-hybridized carbons (Fsp3) is 0.526. The normalized spacial score (nSPS) is 32.6. The summed E-state index contributed by atoms with van der Waals surface area (Å²) in [6.07, 6.45) is 0. The Morgan fingerprint density at radius 2 is 1.71 bits per heavy atom. The van der Waals surface area contributed by atoms with Gasteiger partial charge in [0.05, 0.1) is 5.66 Å². The number of β-lactam (4-membered cyclic amide) rings is 1. The van der Waals surface area contributed by atoms with E-state index in [0.29, 0.717) is 0 Å². The van der Waals surface area contributed by atoms with Gasteiger partial charge in [0, 0.05) is 4.75 Å². The Labute approximate surface area is 211 Å². The zero-order valence-electron chi connectivity index (χ0n) is 15.7. The molecule has 7 nitrogen and oxygen atoms in total. The predicted molar refractivity (Wildman–Crippen MR) is 108 cm³/mol. The third kappa shape index (κ3) is 3.19. The van der Waals surface area contributed by atoms with Crippen molar-refractivity contribution in [1.29, 1.82) is 0 Å². The summed E-state index contributed by atoms with van der Waals surface area (Å²) in [7, 11) is 0. The average Bonchev–Trinajstić information content (AvgIpc) is 2.98. The summed E-state index contributed by atoms with van der Waals surface area (Å²) in [6, 6.07) is 7.37. The van der Waals surface area contributed by atoms with Gasteiger partial charge < -0.3 is 14.9 Å². The summed E-state index contributed by atoms with van der Waals surface area (Å²) >= 11 is 1.46. The van der Waals surface area contributed by atoms with Gasteiger partial charge in [-0.2, -0.15) is 0 Å². The maximum absolute atomic E-state index is 13.2. The SMILES string of the molecule is CC1(C)S[C@@H]2[C@H](N3C(=O)C(c4ccccc4)NC3(C)C)C(=O)N2[C@H]1C(=O)O.[KH]. The zero-order chi connectivity index (χ0) is 19.7. The van der Waals surface area contributed by atoms with E-state index in [1.165, 1.54) is 16.7 Å². The van der Waals surface area contributed by atoms with Crippen molar-refractivity contribution in [3.63, 3.8) is 0 Å². The van der Waals surface area contributed by atoms with Gasteiger partial charge in [-0.05, 0) is 33.3 Å². The molecule has 4 atom stereocenters. The Hall–Kier alpha value is -0.424. The number of nitrogens with zero attached hydrogens (tertiary/aromatic N) is 2. The Balaban J connectivity index is 0.00000225. The second-order valence-corrected chi connectivity index (χ2v) is 10.1. The monoisotopic (exact) mass is 429 g/mol. The van der Waals surface area contributed by atoms with Crippen LogP contribution in [0.3, 0.4) is 0 Å². The Morgan fingerprint density at radius 3 is 2.29 bits per heavy atom. The van der Waals surface area contributed by atoms with E-state index in [1.807, 2.05) is 58.0 Å². The van der Waals surface area contributed by atoms with Crippen LogP contribution in [0, 0.1) is 0 Å². The summed E-state index contributed by atoms with van der Waals surface area (Å²) in [5, 5.41) is 12.6. The molecule has 0 spiro atoms. The molecule has 28 heavy (non-hydrogen) atoms. The molecule has 3 aliphatic heterocycles. The summed E-state index contributed by atoms with van der Waals surface area (Å²) in [5.41, 5.74) is 0.139. The van der Waals surface area contributed by atoms with E-state index < -0.39 is 34.5 Å². The van der Waals surface area contributed by atoms with Crippen LogP contribution in [0.25, 0.3) is 0 Å². The van der Waals surface area contributed by atoms with Crippen LogP contribution in [0.1, 0.15) is 39.3 Å². The molecule has 0 radical (unpaired) electrons. The number of hydrogen-bond acceptors (Lipinski definition) is 5. The van der Waals surface area contributed by atoms with Crippen LogP contribution in [0.15, 0.2) is 30.3 Å². The minimum atomic E-state index is -1.01. The van der Waals surface area contributed by atoms with Crippen molar-refractivity contribution in [2.45, 2.75) is 61.6 Å². The van der Waals surface area contributed by atoms with E-state index in [9.17, 15) is 19.5 Å². The third-order valence-electron chi connectivity index (χ3n) is 5.64. The van der Waals surface area contributed by atoms with E-state index in [2.05, 4.69) is 5.32 Å². The molecule has 3 saturated heterocycles. The van der Waals surface area contributed by atoms with Crippen molar-refractivity contribution in [2.75, 3.05) is 0 Å². The number of amides is 2. The fourth-order valence-electron chi connectivity index (χ4n) is 4.49. The van der Waals surface area contributed by atoms with Crippen LogP contribution in [0.5, 0.6) is 0 Å². The zero-order valence-corrected chi connectivity index (χ0v) is 16.5. The van der Waals surface area contributed by atoms with E-state index in [-0.39, 0.29) is 68.6 Å². The quantitative estimate of drug-likeness (QED) is 0.545. The minimum absolute atomic E-state index is 0. The van der Waals surface area contributed by atoms with Crippen LogP contribution in [-0.2, 0) is 14.4 Å². The molecule has 9 heteroatoms. The first-order valence-corrected chi connectivity index (χ1v) is 9.83. The van der Waals surface area contributed by atoms with E-state index in [1.54, 1.807) is 4.90 Å². The molecule has 0 bridgehead atoms. The van der Waals surface area contributed by atoms with Crippen molar-refractivity contribution in [1.82, 2.24) is 15.1 Å². The molecule has 0 aromatic heterocycles. The van der Waals surface area contributed by atoms with Crippen molar-refractivity contribution >= 4 is 80.9 Å². The van der Waals surface area contributed by atoms with Crippen molar-refractivity contribution in [3.05, 3.63) is 35.9 Å². The molecule has 1 unspecified atom stereocenters. The number of fused-ring (bicyclic) bond motifs is 1. The van der Waals surface area contributed by atoms with E-state index >= 15 is 0 Å². The molecule has 4 rings (SSSR count). The van der Waals surface area contributed by atoms with Crippen LogP contribution in [0.2, 0.25) is 0 Å². The predicted octanol–water partition coefficient (Wildman–Crippen LogP) is 0.763. The second kappa shape index (κ2) is 7.37. The Bertz CT molecular complexity index is 832. The molecule has 3 fully saturated rings. The molecular weight excluding hydrogens is 405 g/mol. The van der Waals surface area contributed by atoms with E-state index in [0.717, 1.165) is 5.56 Å². The molecule has 2 amide bonds. The summed E-state index contributed by atoms with van der Waals surface area (Å²) in [6.45, 7) is 7.43. The summed E-state index contributed by atoms with van der Waals surface area (Å²) < 4.78 is -0.611. The van der Waals surface area contributed by atoms with Gasteiger partial charge in [-0.1, -0.05) is 30.3 Å². The number of aliphatic carboxylic acids is 1. The number of nitrogens with one attached hydrogen (secondary N) is 1. The fourth-order valence-corrected chi connectivity index (χ4v) is 6.16. The molecule has 1 aromatic rings. The Kier molecular flexibility index (Phi) is 5.86. The number of rotatable bonds is 3.